The monoisotopic (exact) mass is 329 g/mol. The molecule has 0 spiro atoms. The maximum absolute atomic E-state index is 14.0. The lowest BCUT2D eigenvalue weighted by molar-refractivity contribution is 0.102. The highest BCUT2D eigenvalue weighted by Crippen LogP contribution is 2.22. The van der Waals surface area contributed by atoms with E-state index in [4.69, 9.17) is 4.74 Å². The van der Waals surface area contributed by atoms with E-state index in [0.29, 0.717) is 43.2 Å². The number of anilines is 2. The molecule has 0 atom stereocenters. The third-order valence-corrected chi connectivity index (χ3v) is 4.01. The molecule has 1 N–H and O–H groups in total. The molecule has 1 fully saturated rings. The Balaban J connectivity index is 1.84. The number of nitrogens with one attached hydrogen (secondary N) is 1. The van der Waals surface area contributed by atoms with Crippen LogP contribution in [-0.4, -0.2) is 37.2 Å². The standard InChI is InChI=1S/C18H20FN3O2/c1-12-11-20-13(2)7-17(12)21-18(23)14-8-15(19)10-16(9-14)22-3-5-24-6-4-22/h7-11H,3-6H2,1-2H3,(H,20,21,23). The molecule has 1 saturated heterocycles. The Morgan fingerprint density at radius 1 is 1.21 bits per heavy atom. The van der Waals surface area contributed by atoms with Crippen LogP contribution >= 0.6 is 0 Å². The van der Waals surface area contributed by atoms with Gasteiger partial charge in [-0.05, 0) is 43.7 Å². The second kappa shape index (κ2) is 6.97. The van der Waals surface area contributed by atoms with E-state index in [1.807, 2.05) is 18.7 Å². The maximum Gasteiger partial charge on any atom is 0.255 e. The van der Waals surface area contributed by atoms with Crippen LogP contribution in [0.5, 0.6) is 0 Å². The average Bonchev–Trinajstić information content (AvgIpc) is 2.58. The molecule has 0 unspecified atom stereocenters. The van der Waals surface area contributed by atoms with Crippen molar-refractivity contribution in [1.82, 2.24) is 4.98 Å². The number of hydrogen-bond donors (Lipinski definition) is 1. The van der Waals surface area contributed by atoms with Crippen LogP contribution < -0.4 is 10.2 Å². The van der Waals surface area contributed by atoms with Gasteiger partial charge in [-0.25, -0.2) is 4.39 Å². The number of ether oxygens (including phenoxy) is 1. The van der Waals surface area contributed by atoms with Crippen LogP contribution in [0.4, 0.5) is 15.8 Å². The largest absolute Gasteiger partial charge is 0.378 e. The number of amides is 1. The number of pyridine rings is 1. The first-order chi connectivity index (χ1) is 11.5. The smallest absolute Gasteiger partial charge is 0.255 e. The molecular weight excluding hydrogens is 309 g/mol. The zero-order valence-corrected chi connectivity index (χ0v) is 13.8. The van der Waals surface area contributed by atoms with Gasteiger partial charge in [-0.1, -0.05) is 0 Å². The van der Waals surface area contributed by atoms with E-state index < -0.39 is 5.82 Å². The molecular formula is C18H20FN3O2. The molecule has 0 aliphatic carbocycles. The van der Waals surface area contributed by atoms with Crippen molar-refractivity contribution >= 4 is 17.3 Å². The summed E-state index contributed by atoms with van der Waals surface area (Å²) in [6.45, 7) is 6.31. The summed E-state index contributed by atoms with van der Waals surface area (Å²) in [6.07, 6.45) is 1.70. The summed E-state index contributed by atoms with van der Waals surface area (Å²) in [4.78, 5) is 18.7. The molecule has 1 aliphatic rings. The summed E-state index contributed by atoms with van der Waals surface area (Å²) >= 11 is 0. The third kappa shape index (κ3) is 3.71. The molecule has 1 aromatic heterocycles. The first-order valence-electron chi connectivity index (χ1n) is 7.91. The van der Waals surface area contributed by atoms with Crippen molar-refractivity contribution in [2.45, 2.75) is 13.8 Å². The Labute approximate surface area is 140 Å². The van der Waals surface area contributed by atoms with Gasteiger partial charge < -0.3 is 15.0 Å². The van der Waals surface area contributed by atoms with Crippen LogP contribution in [0.2, 0.25) is 0 Å². The van der Waals surface area contributed by atoms with Crippen LogP contribution in [0.1, 0.15) is 21.6 Å². The summed E-state index contributed by atoms with van der Waals surface area (Å²) < 4.78 is 19.3. The maximum atomic E-state index is 14.0. The van der Waals surface area contributed by atoms with E-state index >= 15 is 0 Å². The predicted octanol–water partition coefficient (Wildman–Crippen LogP) is 2.93. The van der Waals surface area contributed by atoms with Crippen LogP contribution in [0.3, 0.4) is 0 Å². The van der Waals surface area contributed by atoms with Crippen molar-refractivity contribution in [2.24, 2.45) is 0 Å². The third-order valence-electron chi connectivity index (χ3n) is 4.01. The molecule has 5 nitrogen and oxygen atoms in total. The van der Waals surface area contributed by atoms with E-state index in [0.717, 1.165) is 11.3 Å². The highest BCUT2D eigenvalue weighted by Gasteiger charge is 2.16. The summed E-state index contributed by atoms with van der Waals surface area (Å²) in [6, 6.07) is 6.22. The van der Waals surface area contributed by atoms with E-state index in [9.17, 15) is 9.18 Å². The molecule has 0 saturated carbocycles. The molecule has 2 aromatic rings. The van der Waals surface area contributed by atoms with Crippen LogP contribution in [-0.2, 0) is 4.74 Å². The van der Waals surface area contributed by atoms with Gasteiger partial charge in [0.15, 0.2) is 0 Å². The topological polar surface area (TPSA) is 54.5 Å². The molecule has 2 heterocycles. The molecule has 1 aliphatic heterocycles. The average molecular weight is 329 g/mol. The Morgan fingerprint density at radius 2 is 1.96 bits per heavy atom. The molecule has 6 heteroatoms. The number of aromatic nitrogens is 1. The normalized spacial score (nSPS) is 14.5. The number of carbonyl (C=O) groups is 1. The second-order valence-corrected chi connectivity index (χ2v) is 5.89. The Bertz CT molecular complexity index is 758. The van der Waals surface area contributed by atoms with Crippen molar-refractivity contribution in [1.29, 1.82) is 0 Å². The van der Waals surface area contributed by atoms with Gasteiger partial charge in [0, 0.05) is 41.9 Å². The molecule has 1 aromatic carbocycles. The molecule has 1 amide bonds. The van der Waals surface area contributed by atoms with Crippen molar-refractivity contribution < 1.29 is 13.9 Å². The van der Waals surface area contributed by atoms with E-state index in [2.05, 4.69) is 10.3 Å². The van der Waals surface area contributed by atoms with Gasteiger partial charge in [0.05, 0.1) is 13.2 Å². The Morgan fingerprint density at radius 3 is 2.71 bits per heavy atom. The van der Waals surface area contributed by atoms with Gasteiger partial charge in [-0.15, -0.1) is 0 Å². The summed E-state index contributed by atoms with van der Waals surface area (Å²) in [5, 5.41) is 2.84. The number of aryl methyl sites for hydroxylation is 2. The SMILES string of the molecule is Cc1cc(NC(=O)c2cc(F)cc(N3CCOCC3)c2)c(C)cn1. The fraction of sp³-hybridized carbons (Fsp3) is 0.333. The molecule has 0 radical (unpaired) electrons. The van der Waals surface area contributed by atoms with Gasteiger partial charge in [0.1, 0.15) is 5.82 Å². The van der Waals surface area contributed by atoms with Crippen molar-refractivity contribution in [3.63, 3.8) is 0 Å². The summed E-state index contributed by atoms with van der Waals surface area (Å²) in [5.74, 6) is -0.760. The zero-order valence-electron chi connectivity index (χ0n) is 13.8. The number of halogens is 1. The van der Waals surface area contributed by atoms with Crippen molar-refractivity contribution in [2.75, 3.05) is 36.5 Å². The minimum atomic E-state index is -0.424. The van der Waals surface area contributed by atoms with Crippen molar-refractivity contribution in [3.05, 3.63) is 53.1 Å². The highest BCUT2D eigenvalue weighted by molar-refractivity contribution is 6.05. The van der Waals surface area contributed by atoms with Crippen molar-refractivity contribution in [3.8, 4) is 0 Å². The molecule has 3 rings (SSSR count). The van der Waals surface area contributed by atoms with Gasteiger partial charge in [0.2, 0.25) is 0 Å². The minimum Gasteiger partial charge on any atom is -0.378 e. The first kappa shape index (κ1) is 16.4. The Hall–Kier alpha value is -2.47. The van der Waals surface area contributed by atoms with E-state index in [1.54, 1.807) is 18.3 Å². The van der Waals surface area contributed by atoms with Gasteiger partial charge in [-0.3, -0.25) is 9.78 Å². The second-order valence-electron chi connectivity index (χ2n) is 5.89. The summed E-state index contributed by atoms with van der Waals surface area (Å²) in [5.41, 5.74) is 3.35. The lowest BCUT2D eigenvalue weighted by Crippen LogP contribution is -2.36. The number of hydrogen-bond acceptors (Lipinski definition) is 4. The highest BCUT2D eigenvalue weighted by atomic mass is 19.1. The predicted molar refractivity (Wildman–Crippen MR) is 91.1 cm³/mol. The number of benzene rings is 1. The van der Waals surface area contributed by atoms with E-state index in [1.165, 1.54) is 12.1 Å². The van der Waals surface area contributed by atoms with Crippen LogP contribution in [0, 0.1) is 19.7 Å². The molecule has 126 valence electrons. The summed E-state index contributed by atoms with van der Waals surface area (Å²) in [7, 11) is 0. The number of carbonyl (C=O) groups excluding carboxylic acids is 1. The Kier molecular flexibility index (Phi) is 4.76. The molecule has 24 heavy (non-hydrogen) atoms. The van der Waals surface area contributed by atoms with E-state index in [-0.39, 0.29) is 5.91 Å². The molecule has 0 bridgehead atoms. The lowest BCUT2D eigenvalue weighted by Gasteiger charge is -2.29. The van der Waals surface area contributed by atoms with Crippen LogP contribution in [0.25, 0.3) is 0 Å². The van der Waals surface area contributed by atoms with Crippen LogP contribution in [0.15, 0.2) is 30.5 Å². The number of rotatable bonds is 3. The fourth-order valence-corrected chi connectivity index (χ4v) is 2.67. The minimum absolute atomic E-state index is 0.297. The van der Waals surface area contributed by atoms with Gasteiger partial charge in [0.25, 0.3) is 5.91 Å². The lowest BCUT2D eigenvalue weighted by atomic mass is 10.1. The first-order valence-corrected chi connectivity index (χ1v) is 7.91. The van der Waals surface area contributed by atoms with Gasteiger partial charge >= 0.3 is 0 Å². The fourth-order valence-electron chi connectivity index (χ4n) is 2.67. The number of morpholine rings is 1. The zero-order chi connectivity index (χ0) is 17.1. The van der Waals surface area contributed by atoms with Gasteiger partial charge in [-0.2, -0.15) is 0 Å². The number of nitrogens with zero attached hydrogens (tertiary/aromatic N) is 2. The quantitative estimate of drug-likeness (QED) is 0.941.